The number of halogens is 2. The van der Waals surface area contributed by atoms with Crippen LogP contribution >= 0.6 is 10.7 Å². The maximum Gasteiger partial charge on any atom is 0.265 e. The lowest BCUT2D eigenvalue weighted by molar-refractivity contribution is 0.568. The predicted molar refractivity (Wildman–Crippen MR) is 48.9 cm³/mol. The van der Waals surface area contributed by atoms with E-state index in [2.05, 4.69) is 0 Å². The Kier molecular flexibility index (Phi) is 2.79. The fraction of sp³-hybridized carbons (Fsp3) is 0.125. The zero-order valence-electron chi connectivity index (χ0n) is 7.08. The molecule has 14 heavy (non-hydrogen) atoms. The summed E-state index contributed by atoms with van der Waals surface area (Å²) < 4.78 is 35.3. The second-order valence-corrected chi connectivity index (χ2v) is 5.13. The van der Waals surface area contributed by atoms with Gasteiger partial charge in [-0.05, 0) is 18.6 Å². The number of nitriles is 1. The molecular formula is C8H5ClFNO2S. The van der Waals surface area contributed by atoms with Crippen molar-refractivity contribution in [1.29, 1.82) is 5.26 Å². The van der Waals surface area contributed by atoms with Crippen molar-refractivity contribution < 1.29 is 12.8 Å². The molecule has 1 aromatic rings. The number of hydrogen-bond acceptors (Lipinski definition) is 3. The molecule has 0 saturated heterocycles. The van der Waals surface area contributed by atoms with Crippen LogP contribution in [0.25, 0.3) is 0 Å². The molecule has 0 unspecified atom stereocenters. The Labute approximate surface area is 85.2 Å². The first kappa shape index (κ1) is 11.0. The first-order valence-electron chi connectivity index (χ1n) is 3.52. The van der Waals surface area contributed by atoms with E-state index in [-0.39, 0.29) is 11.1 Å². The Bertz CT molecular complexity index is 519. The number of hydrogen-bond donors (Lipinski definition) is 0. The molecule has 0 heterocycles. The van der Waals surface area contributed by atoms with Crippen molar-refractivity contribution in [3.63, 3.8) is 0 Å². The summed E-state index contributed by atoms with van der Waals surface area (Å²) >= 11 is 0. The van der Waals surface area contributed by atoms with E-state index in [1.54, 1.807) is 6.07 Å². The summed E-state index contributed by atoms with van der Waals surface area (Å²) in [6, 6.07) is 4.10. The van der Waals surface area contributed by atoms with Gasteiger partial charge >= 0.3 is 0 Å². The number of nitrogens with zero attached hydrogens (tertiary/aromatic N) is 1. The highest BCUT2D eigenvalue weighted by molar-refractivity contribution is 8.13. The SMILES string of the molecule is Cc1ccc(C#N)c(S(=O)(=O)Cl)c1F. The Hall–Kier alpha value is -1.12. The van der Waals surface area contributed by atoms with Crippen LogP contribution in [0.5, 0.6) is 0 Å². The quantitative estimate of drug-likeness (QED) is 0.697. The maximum atomic E-state index is 13.3. The smallest absolute Gasteiger partial charge is 0.207 e. The minimum Gasteiger partial charge on any atom is -0.207 e. The Morgan fingerprint density at radius 3 is 2.50 bits per heavy atom. The van der Waals surface area contributed by atoms with Gasteiger partial charge in [-0.2, -0.15) is 5.26 Å². The van der Waals surface area contributed by atoms with Crippen molar-refractivity contribution in [2.75, 3.05) is 0 Å². The standard InChI is InChI=1S/C8H5ClFNO2S/c1-5-2-3-6(4-11)8(7(5)10)14(9,12)13/h2-3H,1H3. The van der Waals surface area contributed by atoms with Gasteiger partial charge in [-0.1, -0.05) is 6.07 Å². The molecule has 0 radical (unpaired) electrons. The van der Waals surface area contributed by atoms with E-state index < -0.39 is 19.8 Å². The van der Waals surface area contributed by atoms with Gasteiger partial charge in [0, 0.05) is 10.7 Å². The van der Waals surface area contributed by atoms with Gasteiger partial charge in [0.05, 0.1) is 5.56 Å². The number of aryl methyl sites for hydroxylation is 1. The average molecular weight is 234 g/mol. The molecule has 3 nitrogen and oxygen atoms in total. The summed E-state index contributed by atoms with van der Waals surface area (Å²) in [5.41, 5.74) is -0.161. The molecule has 74 valence electrons. The zero-order valence-corrected chi connectivity index (χ0v) is 8.66. The Balaban J connectivity index is 3.72. The van der Waals surface area contributed by atoms with E-state index in [9.17, 15) is 12.8 Å². The number of rotatable bonds is 1. The fourth-order valence-corrected chi connectivity index (χ4v) is 2.18. The molecule has 1 rings (SSSR count). The van der Waals surface area contributed by atoms with Crippen LogP contribution in [-0.2, 0) is 9.05 Å². The fourth-order valence-electron chi connectivity index (χ4n) is 0.981. The zero-order chi connectivity index (χ0) is 10.9. The van der Waals surface area contributed by atoms with Crippen LogP contribution in [0.1, 0.15) is 11.1 Å². The molecule has 0 atom stereocenters. The normalized spacial score (nSPS) is 11.0. The topological polar surface area (TPSA) is 57.9 Å². The molecule has 0 spiro atoms. The van der Waals surface area contributed by atoms with Crippen LogP contribution in [0.3, 0.4) is 0 Å². The van der Waals surface area contributed by atoms with E-state index in [1.165, 1.54) is 19.1 Å². The molecule has 0 aromatic heterocycles. The summed E-state index contributed by atoms with van der Waals surface area (Å²) in [4.78, 5) is -0.748. The molecule has 0 saturated carbocycles. The summed E-state index contributed by atoms with van der Waals surface area (Å²) in [6.07, 6.45) is 0. The maximum absolute atomic E-state index is 13.3. The van der Waals surface area contributed by atoms with Crippen molar-refractivity contribution in [3.05, 3.63) is 29.1 Å². The van der Waals surface area contributed by atoms with Gasteiger partial charge in [0.25, 0.3) is 9.05 Å². The van der Waals surface area contributed by atoms with Gasteiger partial charge in [0.15, 0.2) is 0 Å². The second-order valence-electron chi connectivity index (χ2n) is 2.62. The molecule has 1 aromatic carbocycles. The molecule has 6 heteroatoms. The minimum atomic E-state index is -4.22. The van der Waals surface area contributed by atoms with Crippen LogP contribution in [0.2, 0.25) is 0 Å². The Morgan fingerprint density at radius 1 is 1.50 bits per heavy atom. The van der Waals surface area contributed by atoms with Gasteiger partial charge in [-0.25, -0.2) is 12.8 Å². The molecule has 0 bridgehead atoms. The monoisotopic (exact) mass is 233 g/mol. The summed E-state index contributed by atoms with van der Waals surface area (Å²) in [7, 11) is 0.777. The minimum absolute atomic E-state index is 0.128. The van der Waals surface area contributed by atoms with Crippen LogP contribution in [0.15, 0.2) is 17.0 Å². The van der Waals surface area contributed by atoms with Crippen molar-refractivity contribution in [3.8, 4) is 6.07 Å². The molecule has 0 N–H and O–H groups in total. The van der Waals surface area contributed by atoms with Gasteiger partial charge in [0.1, 0.15) is 16.8 Å². The lowest BCUT2D eigenvalue weighted by Crippen LogP contribution is -2.01. The van der Waals surface area contributed by atoms with Crippen molar-refractivity contribution in [1.82, 2.24) is 0 Å². The van der Waals surface area contributed by atoms with Crippen LogP contribution < -0.4 is 0 Å². The summed E-state index contributed by atoms with van der Waals surface area (Å²) in [6.45, 7) is 1.39. The first-order chi connectivity index (χ1) is 6.38. The third kappa shape index (κ3) is 1.86. The van der Waals surface area contributed by atoms with Crippen LogP contribution in [-0.4, -0.2) is 8.42 Å². The average Bonchev–Trinajstić information content (AvgIpc) is 2.07. The highest BCUT2D eigenvalue weighted by atomic mass is 35.7. The predicted octanol–water partition coefficient (Wildman–Crippen LogP) is 1.93. The lowest BCUT2D eigenvalue weighted by atomic mass is 10.1. The molecule has 0 aliphatic heterocycles. The third-order valence-electron chi connectivity index (χ3n) is 1.65. The van der Waals surface area contributed by atoms with E-state index in [0.717, 1.165) is 0 Å². The van der Waals surface area contributed by atoms with Gasteiger partial charge in [0.2, 0.25) is 0 Å². The molecule has 0 aliphatic carbocycles. The highest BCUT2D eigenvalue weighted by Crippen LogP contribution is 2.25. The van der Waals surface area contributed by atoms with E-state index >= 15 is 0 Å². The first-order valence-corrected chi connectivity index (χ1v) is 5.82. The van der Waals surface area contributed by atoms with E-state index in [4.69, 9.17) is 15.9 Å². The van der Waals surface area contributed by atoms with E-state index in [0.29, 0.717) is 0 Å². The van der Waals surface area contributed by atoms with Crippen LogP contribution in [0.4, 0.5) is 4.39 Å². The summed E-state index contributed by atoms with van der Waals surface area (Å²) in [5, 5.41) is 8.56. The van der Waals surface area contributed by atoms with Gasteiger partial charge in [-0.3, -0.25) is 0 Å². The largest absolute Gasteiger partial charge is 0.265 e. The third-order valence-corrected chi connectivity index (χ3v) is 3.00. The molecule has 0 fully saturated rings. The molecule has 0 amide bonds. The summed E-state index contributed by atoms with van der Waals surface area (Å²) in [5.74, 6) is -0.973. The number of benzene rings is 1. The molecule has 0 aliphatic rings. The lowest BCUT2D eigenvalue weighted by Gasteiger charge is -2.03. The molecular weight excluding hydrogens is 229 g/mol. The van der Waals surface area contributed by atoms with Gasteiger partial charge < -0.3 is 0 Å². The Morgan fingerprint density at radius 2 is 2.07 bits per heavy atom. The van der Waals surface area contributed by atoms with Gasteiger partial charge in [-0.15, -0.1) is 0 Å². The van der Waals surface area contributed by atoms with Crippen LogP contribution in [0, 0.1) is 24.1 Å². The second kappa shape index (κ2) is 3.56. The highest BCUT2D eigenvalue weighted by Gasteiger charge is 2.22. The van der Waals surface area contributed by atoms with E-state index in [1.807, 2.05) is 0 Å². The van der Waals surface area contributed by atoms with Crippen molar-refractivity contribution in [2.45, 2.75) is 11.8 Å². The van der Waals surface area contributed by atoms with Crippen molar-refractivity contribution in [2.24, 2.45) is 0 Å². The van der Waals surface area contributed by atoms with Crippen molar-refractivity contribution >= 4 is 19.7 Å².